The van der Waals surface area contributed by atoms with Crippen molar-refractivity contribution in [2.45, 2.75) is 51.6 Å². The summed E-state index contributed by atoms with van der Waals surface area (Å²) in [5.74, 6) is 1.45. The lowest BCUT2D eigenvalue weighted by molar-refractivity contribution is -0.155. The van der Waals surface area contributed by atoms with Crippen molar-refractivity contribution in [1.29, 1.82) is 0 Å². The molecule has 0 bridgehead atoms. The Bertz CT molecular complexity index is 552. The molecule has 3 rings (SSSR count). The summed E-state index contributed by atoms with van der Waals surface area (Å²) < 4.78 is 5.19. The van der Waals surface area contributed by atoms with Crippen LogP contribution in [0.4, 0.5) is 0 Å². The predicted octanol–water partition coefficient (Wildman–Crippen LogP) is 0.916. The van der Waals surface area contributed by atoms with E-state index in [0.29, 0.717) is 24.2 Å². The van der Waals surface area contributed by atoms with Crippen molar-refractivity contribution in [2.75, 3.05) is 13.1 Å². The van der Waals surface area contributed by atoms with Gasteiger partial charge in [-0.05, 0) is 26.2 Å². The van der Waals surface area contributed by atoms with E-state index >= 15 is 0 Å². The normalized spacial score (nSPS) is 23.0. The van der Waals surface area contributed by atoms with Crippen LogP contribution < -0.4 is 0 Å². The molecule has 0 unspecified atom stereocenters. The highest BCUT2D eigenvalue weighted by atomic mass is 16.5. The van der Waals surface area contributed by atoms with Gasteiger partial charge in [-0.25, -0.2) is 0 Å². The average Bonchev–Trinajstić information content (AvgIpc) is 3.21. The van der Waals surface area contributed by atoms with E-state index in [9.17, 15) is 9.59 Å². The van der Waals surface area contributed by atoms with Crippen molar-refractivity contribution in [3.05, 3.63) is 11.7 Å². The third kappa shape index (κ3) is 2.77. The molecule has 0 N–H and O–H groups in total. The third-order valence-corrected chi connectivity index (χ3v) is 4.00. The first kappa shape index (κ1) is 14.0. The molecule has 2 fully saturated rings. The highest BCUT2D eigenvalue weighted by Gasteiger charge is 2.37. The molecule has 0 radical (unpaired) electrons. The van der Waals surface area contributed by atoms with E-state index in [2.05, 4.69) is 10.1 Å². The molecule has 7 heteroatoms. The number of amides is 2. The molecule has 1 saturated carbocycles. The molecule has 1 aliphatic heterocycles. The summed E-state index contributed by atoms with van der Waals surface area (Å²) in [5, 5.41) is 3.92. The molecule has 7 nitrogen and oxygen atoms in total. The number of hydrogen-bond acceptors (Lipinski definition) is 5. The van der Waals surface area contributed by atoms with Gasteiger partial charge in [0.25, 0.3) is 0 Å². The minimum absolute atomic E-state index is 0.0117. The van der Waals surface area contributed by atoms with E-state index in [4.69, 9.17) is 4.52 Å². The fraction of sp³-hybridized carbons (Fsp3) is 0.714. The second-order valence-electron chi connectivity index (χ2n) is 5.78. The highest BCUT2D eigenvalue weighted by Crippen LogP contribution is 2.38. The average molecular weight is 292 g/mol. The quantitative estimate of drug-likeness (QED) is 0.806. The van der Waals surface area contributed by atoms with Gasteiger partial charge in [0, 0.05) is 12.5 Å². The fourth-order valence-corrected chi connectivity index (χ4v) is 2.61. The molecule has 2 heterocycles. The van der Waals surface area contributed by atoms with E-state index < -0.39 is 6.04 Å². The summed E-state index contributed by atoms with van der Waals surface area (Å²) in [6, 6.07) is -0.472. The zero-order chi connectivity index (χ0) is 15.0. The summed E-state index contributed by atoms with van der Waals surface area (Å²) in [6.45, 7) is 4.75. The molecule has 1 atom stereocenters. The second kappa shape index (κ2) is 5.46. The van der Waals surface area contributed by atoms with E-state index in [1.807, 2.05) is 6.92 Å². The van der Waals surface area contributed by atoms with Crippen LogP contribution in [0.25, 0.3) is 0 Å². The number of rotatable bonds is 5. The number of carbonyl (C=O) groups excluding carboxylic acids is 2. The maximum atomic E-state index is 12.3. The maximum Gasteiger partial charge on any atom is 0.245 e. The largest absolute Gasteiger partial charge is 0.339 e. The molecule has 1 aromatic rings. The Hall–Kier alpha value is -1.92. The minimum Gasteiger partial charge on any atom is -0.339 e. The van der Waals surface area contributed by atoms with Gasteiger partial charge in [-0.1, -0.05) is 12.1 Å². The number of piperazine rings is 1. The molecule has 1 aliphatic carbocycles. The van der Waals surface area contributed by atoms with Crippen LogP contribution in [0.3, 0.4) is 0 Å². The molecular formula is C14H20N4O3. The Labute approximate surface area is 123 Å². The van der Waals surface area contributed by atoms with Gasteiger partial charge in [-0.3, -0.25) is 9.59 Å². The summed E-state index contributed by atoms with van der Waals surface area (Å²) >= 11 is 0. The zero-order valence-corrected chi connectivity index (χ0v) is 12.4. The lowest BCUT2D eigenvalue weighted by atomic mass is 10.1. The van der Waals surface area contributed by atoms with Gasteiger partial charge in [0.05, 0.1) is 13.1 Å². The monoisotopic (exact) mass is 292 g/mol. The first-order valence-corrected chi connectivity index (χ1v) is 7.51. The summed E-state index contributed by atoms with van der Waals surface area (Å²) in [4.78, 5) is 32.0. The standard InChI is InChI=1S/C14H20N4O3/c1-3-6-17-8-12(19)18(9(2)14(17)20)7-11-15-13(21-16-11)10-4-5-10/h9-10H,3-8H2,1-2H3/t9-/m1/s1. The van der Waals surface area contributed by atoms with Crippen LogP contribution in [0.1, 0.15) is 50.7 Å². The molecule has 21 heavy (non-hydrogen) atoms. The SMILES string of the molecule is CCCN1CC(=O)N(Cc2noc(C3CC3)n2)[C@H](C)C1=O. The number of hydrogen-bond donors (Lipinski definition) is 0. The van der Waals surface area contributed by atoms with Gasteiger partial charge in [0.15, 0.2) is 5.82 Å². The molecule has 0 spiro atoms. The van der Waals surface area contributed by atoms with Gasteiger partial charge in [-0.2, -0.15) is 4.98 Å². The summed E-state index contributed by atoms with van der Waals surface area (Å²) in [7, 11) is 0. The summed E-state index contributed by atoms with van der Waals surface area (Å²) in [5.41, 5.74) is 0. The Balaban J connectivity index is 1.69. The van der Waals surface area contributed by atoms with Gasteiger partial charge < -0.3 is 14.3 Å². The Morgan fingerprint density at radius 1 is 1.33 bits per heavy atom. The number of aromatic nitrogens is 2. The lowest BCUT2D eigenvalue weighted by Gasteiger charge is -2.38. The number of nitrogens with zero attached hydrogens (tertiary/aromatic N) is 4. The molecule has 1 aromatic heterocycles. The van der Waals surface area contributed by atoms with E-state index in [-0.39, 0.29) is 24.9 Å². The smallest absolute Gasteiger partial charge is 0.245 e. The van der Waals surface area contributed by atoms with Crippen molar-refractivity contribution in [3.8, 4) is 0 Å². The lowest BCUT2D eigenvalue weighted by Crippen LogP contribution is -2.58. The first-order chi connectivity index (χ1) is 10.1. The molecule has 0 aromatic carbocycles. The fourth-order valence-electron chi connectivity index (χ4n) is 2.61. The molecule has 2 amide bonds. The highest BCUT2D eigenvalue weighted by molar-refractivity contribution is 5.94. The zero-order valence-electron chi connectivity index (χ0n) is 12.4. The van der Waals surface area contributed by atoms with Crippen molar-refractivity contribution in [1.82, 2.24) is 19.9 Å². The van der Waals surface area contributed by atoms with Gasteiger partial charge in [0.2, 0.25) is 17.7 Å². The van der Waals surface area contributed by atoms with Crippen molar-refractivity contribution >= 4 is 11.8 Å². The molecule has 1 saturated heterocycles. The Morgan fingerprint density at radius 2 is 2.10 bits per heavy atom. The van der Waals surface area contributed by atoms with Crippen molar-refractivity contribution in [3.63, 3.8) is 0 Å². The van der Waals surface area contributed by atoms with E-state index in [1.54, 1.807) is 11.8 Å². The molecular weight excluding hydrogens is 272 g/mol. The third-order valence-electron chi connectivity index (χ3n) is 4.00. The minimum atomic E-state index is -0.472. The Kier molecular flexibility index (Phi) is 3.65. The molecule has 2 aliphatic rings. The van der Waals surface area contributed by atoms with Crippen LogP contribution in [-0.2, 0) is 16.1 Å². The van der Waals surface area contributed by atoms with Crippen LogP contribution >= 0.6 is 0 Å². The van der Waals surface area contributed by atoms with Crippen LogP contribution in [0.2, 0.25) is 0 Å². The molecule has 114 valence electrons. The Morgan fingerprint density at radius 3 is 2.76 bits per heavy atom. The van der Waals surface area contributed by atoms with Gasteiger partial charge in [0.1, 0.15) is 6.04 Å². The van der Waals surface area contributed by atoms with Gasteiger partial charge >= 0.3 is 0 Å². The van der Waals surface area contributed by atoms with Crippen LogP contribution in [0.15, 0.2) is 4.52 Å². The van der Waals surface area contributed by atoms with E-state index in [1.165, 1.54) is 4.90 Å². The van der Waals surface area contributed by atoms with Crippen LogP contribution in [-0.4, -0.2) is 50.9 Å². The maximum absolute atomic E-state index is 12.3. The van der Waals surface area contributed by atoms with Crippen LogP contribution in [0.5, 0.6) is 0 Å². The second-order valence-corrected chi connectivity index (χ2v) is 5.78. The van der Waals surface area contributed by atoms with Gasteiger partial charge in [-0.15, -0.1) is 0 Å². The summed E-state index contributed by atoms with van der Waals surface area (Å²) in [6.07, 6.45) is 3.03. The van der Waals surface area contributed by atoms with Crippen molar-refractivity contribution in [2.24, 2.45) is 0 Å². The first-order valence-electron chi connectivity index (χ1n) is 7.51. The number of carbonyl (C=O) groups is 2. The predicted molar refractivity (Wildman–Crippen MR) is 73.2 cm³/mol. The topological polar surface area (TPSA) is 79.5 Å². The van der Waals surface area contributed by atoms with Crippen LogP contribution in [0, 0.1) is 0 Å². The van der Waals surface area contributed by atoms with E-state index in [0.717, 1.165) is 19.3 Å². The van der Waals surface area contributed by atoms with Crippen molar-refractivity contribution < 1.29 is 14.1 Å².